The molecular formula is C36H53NO13. The maximum absolute atomic E-state index is 12.2. The van der Waals surface area contributed by atoms with Gasteiger partial charge in [-0.1, -0.05) is 48.5 Å². The molecule has 1 amide bonds. The SMILES string of the molecule is O=C(O)COCCOCCOCCOCCOCCOCCOCCOCCOCCCNC(=O)OCC1c2ccccc2-c2ccccc21. The molecule has 0 bridgehead atoms. The van der Waals surface area contributed by atoms with Crippen molar-refractivity contribution < 1.29 is 62.1 Å². The minimum atomic E-state index is -0.999. The van der Waals surface area contributed by atoms with E-state index in [2.05, 4.69) is 29.6 Å². The minimum Gasteiger partial charge on any atom is -0.480 e. The molecule has 0 saturated heterocycles. The number of carbonyl (C=O) groups is 2. The highest BCUT2D eigenvalue weighted by Crippen LogP contribution is 2.44. The average molecular weight is 708 g/mol. The summed E-state index contributed by atoms with van der Waals surface area (Å²) in [5.41, 5.74) is 4.79. The topological polar surface area (TPSA) is 159 Å². The van der Waals surface area contributed by atoms with E-state index in [0.29, 0.717) is 125 Å². The first-order chi connectivity index (χ1) is 24.7. The van der Waals surface area contributed by atoms with E-state index in [1.54, 1.807) is 0 Å². The Bertz CT molecular complexity index is 1140. The van der Waals surface area contributed by atoms with Crippen LogP contribution in [0.4, 0.5) is 4.79 Å². The zero-order valence-corrected chi connectivity index (χ0v) is 28.9. The third-order valence-electron chi connectivity index (χ3n) is 7.28. The van der Waals surface area contributed by atoms with Gasteiger partial charge in [0.1, 0.15) is 13.2 Å². The molecule has 1 aliphatic rings. The summed E-state index contributed by atoms with van der Waals surface area (Å²) in [5.74, 6) is -0.953. The molecule has 0 heterocycles. The first-order valence-electron chi connectivity index (χ1n) is 17.2. The number of carboxylic acid groups (broad SMARTS) is 1. The van der Waals surface area contributed by atoms with Crippen LogP contribution in [0.15, 0.2) is 48.5 Å². The number of aliphatic carboxylic acids is 1. The maximum atomic E-state index is 12.2. The predicted molar refractivity (Wildman–Crippen MR) is 183 cm³/mol. The molecule has 3 rings (SSSR count). The summed E-state index contributed by atoms with van der Waals surface area (Å²) in [6.07, 6.45) is 0.258. The van der Waals surface area contributed by atoms with Gasteiger partial charge in [0.25, 0.3) is 0 Å². The molecule has 0 aliphatic heterocycles. The van der Waals surface area contributed by atoms with Gasteiger partial charge >= 0.3 is 12.1 Å². The summed E-state index contributed by atoms with van der Waals surface area (Å²) in [6, 6.07) is 16.5. The molecule has 14 nitrogen and oxygen atoms in total. The number of nitrogens with one attached hydrogen (secondary N) is 1. The zero-order chi connectivity index (χ0) is 35.3. The van der Waals surface area contributed by atoms with Gasteiger partial charge in [-0.15, -0.1) is 0 Å². The van der Waals surface area contributed by atoms with Crippen LogP contribution in [0.1, 0.15) is 23.5 Å². The van der Waals surface area contributed by atoms with Crippen LogP contribution in [0, 0.1) is 0 Å². The number of amides is 1. The number of rotatable bonds is 32. The predicted octanol–water partition coefficient (Wildman–Crippen LogP) is 3.15. The smallest absolute Gasteiger partial charge is 0.407 e. The van der Waals surface area contributed by atoms with Crippen LogP contribution in [-0.2, 0) is 52.2 Å². The van der Waals surface area contributed by atoms with E-state index < -0.39 is 12.1 Å². The van der Waals surface area contributed by atoms with Crippen molar-refractivity contribution >= 4 is 12.1 Å². The Morgan fingerprint density at radius 3 is 1.28 bits per heavy atom. The third kappa shape index (κ3) is 18.2. The van der Waals surface area contributed by atoms with Crippen molar-refractivity contribution in [1.82, 2.24) is 5.32 Å². The second-order valence-electron chi connectivity index (χ2n) is 11.0. The minimum absolute atomic E-state index is 0.0458. The Labute approximate surface area is 294 Å². The highest BCUT2D eigenvalue weighted by Gasteiger charge is 2.28. The summed E-state index contributed by atoms with van der Waals surface area (Å²) in [7, 11) is 0. The van der Waals surface area contributed by atoms with Crippen LogP contribution in [-0.4, -0.2) is 149 Å². The summed E-state index contributed by atoms with van der Waals surface area (Å²) in [6.45, 7) is 8.00. The second-order valence-corrected chi connectivity index (χ2v) is 11.0. The second kappa shape index (κ2) is 27.5. The van der Waals surface area contributed by atoms with Crippen molar-refractivity contribution in [2.24, 2.45) is 0 Å². The Morgan fingerprint density at radius 2 is 0.880 bits per heavy atom. The molecule has 2 N–H and O–H groups in total. The number of benzene rings is 2. The molecule has 0 saturated carbocycles. The number of ether oxygens (including phenoxy) is 10. The molecule has 0 atom stereocenters. The van der Waals surface area contributed by atoms with Crippen LogP contribution in [0.2, 0.25) is 0 Å². The molecule has 50 heavy (non-hydrogen) atoms. The molecule has 0 aromatic heterocycles. The number of hydrogen-bond donors (Lipinski definition) is 2. The lowest BCUT2D eigenvalue weighted by atomic mass is 9.98. The Balaban J connectivity index is 0.974. The van der Waals surface area contributed by atoms with Crippen LogP contribution in [0.25, 0.3) is 11.1 Å². The highest BCUT2D eigenvalue weighted by atomic mass is 16.6. The number of carboxylic acids is 1. The summed E-state index contributed by atoms with van der Waals surface area (Å²) >= 11 is 0. The van der Waals surface area contributed by atoms with Crippen molar-refractivity contribution in [3.05, 3.63) is 59.7 Å². The first kappa shape index (κ1) is 41.2. The standard InChI is InChI=1S/C36H53NO13/c38-35(39)29-49-27-26-48-25-24-47-23-22-46-21-20-45-19-18-44-17-16-43-15-14-42-13-12-41-11-5-10-37-36(40)50-28-34-32-8-3-1-6-30(32)31-7-2-4-9-33(31)34/h1-4,6-9,34H,5,10-29H2,(H,37,40)(H,38,39). The van der Waals surface area contributed by atoms with Gasteiger partial charge in [-0.05, 0) is 28.7 Å². The monoisotopic (exact) mass is 707 g/mol. The molecule has 0 unspecified atom stereocenters. The lowest BCUT2D eigenvalue weighted by Crippen LogP contribution is -2.27. The van der Waals surface area contributed by atoms with Gasteiger partial charge in [-0.2, -0.15) is 0 Å². The lowest BCUT2D eigenvalue weighted by Gasteiger charge is -2.14. The molecule has 1 aliphatic carbocycles. The van der Waals surface area contributed by atoms with E-state index >= 15 is 0 Å². The van der Waals surface area contributed by atoms with Crippen molar-refractivity contribution in [1.29, 1.82) is 0 Å². The van der Waals surface area contributed by atoms with Crippen LogP contribution in [0.3, 0.4) is 0 Å². The molecule has 2 aromatic carbocycles. The molecule has 2 aromatic rings. The third-order valence-corrected chi connectivity index (χ3v) is 7.28. The molecule has 14 heteroatoms. The fourth-order valence-electron chi connectivity index (χ4n) is 4.93. The van der Waals surface area contributed by atoms with Crippen molar-refractivity contribution in [2.75, 3.05) is 132 Å². The van der Waals surface area contributed by atoms with Crippen LogP contribution < -0.4 is 5.32 Å². The largest absolute Gasteiger partial charge is 0.480 e. The van der Waals surface area contributed by atoms with Gasteiger partial charge in [0, 0.05) is 19.1 Å². The summed E-state index contributed by atoms with van der Waals surface area (Å²) < 4.78 is 53.9. The normalized spacial score (nSPS) is 12.2. The van der Waals surface area contributed by atoms with Gasteiger partial charge in [-0.25, -0.2) is 9.59 Å². The van der Waals surface area contributed by atoms with E-state index in [-0.39, 0.29) is 19.1 Å². The maximum Gasteiger partial charge on any atom is 0.407 e. The van der Waals surface area contributed by atoms with Crippen LogP contribution in [0.5, 0.6) is 0 Å². The van der Waals surface area contributed by atoms with Crippen molar-refractivity contribution in [3.8, 4) is 11.1 Å². The van der Waals surface area contributed by atoms with Gasteiger partial charge in [0.2, 0.25) is 0 Å². The number of hydrogen-bond acceptors (Lipinski definition) is 12. The fourth-order valence-corrected chi connectivity index (χ4v) is 4.93. The molecule has 0 radical (unpaired) electrons. The molecule has 0 fully saturated rings. The van der Waals surface area contributed by atoms with E-state index in [1.807, 2.05) is 24.3 Å². The van der Waals surface area contributed by atoms with Crippen molar-refractivity contribution in [2.45, 2.75) is 12.3 Å². The number of fused-ring (bicyclic) bond motifs is 3. The van der Waals surface area contributed by atoms with E-state index in [0.717, 1.165) is 0 Å². The zero-order valence-electron chi connectivity index (χ0n) is 28.9. The van der Waals surface area contributed by atoms with Gasteiger partial charge < -0.3 is 57.8 Å². The van der Waals surface area contributed by atoms with Gasteiger partial charge in [-0.3, -0.25) is 0 Å². The van der Waals surface area contributed by atoms with Crippen molar-refractivity contribution in [3.63, 3.8) is 0 Å². The Hall–Kier alpha value is -3.18. The molecular weight excluding hydrogens is 654 g/mol. The van der Waals surface area contributed by atoms with Crippen LogP contribution >= 0.6 is 0 Å². The Kier molecular flexibility index (Phi) is 22.7. The fraction of sp³-hybridized carbons (Fsp3) is 0.611. The molecule has 280 valence electrons. The van der Waals surface area contributed by atoms with Gasteiger partial charge in [0.15, 0.2) is 0 Å². The summed E-state index contributed by atoms with van der Waals surface area (Å²) in [5, 5.41) is 11.2. The quantitative estimate of drug-likeness (QED) is 0.107. The number of alkyl carbamates (subject to hydrolysis) is 1. The van der Waals surface area contributed by atoms with E-state index in [1.165, 1.54) is 22.3 Å². The van der Waals surface area contributed by atoms with E-state index in [9.17, 15) is 9.59 Å². The highest BCUT2D eigenvalue weighted by molar-refractivity contribution is 5.79. The number of carbonyl (C=O) groups excluding carboxylic acids is 1. The summed E-state index contributed by atoms with van der Waals surface area (Å²) in [4.78, 5) is 22.5. The first-order valence-corrected chi connectivity index (χ1v) is 17.2. The van der Waals surface area contributed by atoms with Gasteiger partial charge in [0.05, 0.1) is 106 Å². The molecule has 0 spiro atoms. The average Bonchev–Trinajstić information content (AvgIpc) is 3.44. The Morgan fingerprint density at radius 1 is 0.520 bits per heavy atom. The van der Waals surface area contributed by atoms with E-state index in [4.69, 9.17) is 52.5 Å². The lowest BCUT2D eigenvalue weighted by molar-refractivity contribution is -0.142.